The molecule has 0 N–H and O–H groups in total. The lowest BCUT2D eigenvalue weighted by Crippen LogP contribution is -2.30. The second-order valence-corrected chi connectivity index (χ2v) is 18.5. The summed E-state index contributed by atoms with van der Waals surface area (Å²) in [7, 11) is 0. The van der Waals surface area contributed by atoms with Gasteiger partial charge in [0.25, 0.3) is 0 Å². The number of ether oxygens (including phenoxy) is 3. The van der Waals surface area contributed by atoms with Gasteiger partial charge in [-0.15, -0.1) is 0 Å². The molecule has 0 fully saturated rings. The number of carbonyl (C=O) groups is 3. The Hall–Kier alpha value is -3.93. The minimum atomic E-state index is -0.828. The minimum Gasteiger partial charge on any atom is -0.462 e. The van der Waals surface area contributed by atoms with Gasteiger partial charge in [0.1, 0.15) is 13.2 Å². The van der Waals surface area contributed by atoms with Crippen LogP contribution in [0.4, 0.5) is 0 Å². The predicted octanol–water partition coefficient (Wildman–Crippen LogP) is 19.1. The van der Waals surface area contributed by atoms with Crippen LogP contribution in [0.1, 0.15) is 252 Å². The van der Waals surface area contributed by atoms with Crippen molar-refractivity contribution in [3.05, 3.63) is 109 Å². The zero-order chi connectivity index (χ0) is 50.0. The molecule has 0 aromatic rings. The molecule has 392 valence electrons. The van der Waals surface area contributed by atoms with Gasteiger partial charge in [-0.05, 0) is 109 Å². The molecule has 69 heavy (non-hydrogen) atoms. The molecule has 1 atom stereocenters. The molecule has 0 rings (SSSR count). The lowest BCUT2D eigenvalue weighted by molar-refractivity contribution is -0.166. The second kappa shape index (κ2) is 56.7. The molecule has 0 aromatic heterocycles. The Balaban J connectivity index is 4.52. The smallest absolute Gasteiger partial charge is 0.309 e. The lowest BCUT2D eigenvalue weighted by atomic mass is 10.1. The zero-order valence-corrected chi connectivity index (χ0v) is 44.8. The maximum atomic E-state index is 12.8. The summed E-state index contributed by atoms with van der Waals surface area (Å²) in [6.45, 7) is 6.39. The molecule has 0 aliphatic heterocycles. The Morgan fingerprint density at radius 3 is 1.06 bits per heavy atom. The van der Waals surface area contributed by atoms with Crippen LogP contribution in [0.15, 0.2) is 109 Å². The molecule has 0 saturated carbocycles. The van der Waals surface area contributed by atoms with E-state index in [1.54, 1.807) is 6.08 Å². The van der Waals surface area contributed by atoms with E-state index in [9.17, 15) is 14.4 Å². The van der Waals surface area contributed by atoms with E-state index in [0.29, 0.717) is 12.8 Å². The number of unbranched alkanes of at least 4 members (excludes halogenated alkanes) is 22. The van der Waals surface area contributed by atoms with Gasteiger partial charge >= 0.3 is 17.9 Å². The molecular formula is C63H104O6. The molecule has 6 nitrogen and oxygen atoms in total. The standard InChI is InChI=1S/C63H104O6/c1-4-7-10-13-16-19-22-25-28-30-31-33-35-38-41-44-47-50-53-56-62(65)68-59-60(58-67-61(64)55-52-49-46-43-40-37-34-27-24-21-18-15-12-9-6-3)69-63(66)57-54-51-48-45-42-39-36-32-29-26-23-20-17-14-11-8-5-2/h9,12,16,18-19,21,25-29,31,33-34,40,43,49,52,60H,4-8,10-11,13-15,17,20,22-24,30,32,35-39,41-42,44-48,50-51,53-59H2,1-3H3/b12-9-,19-16-,21-18-,28-25-,29-26-,33-31-,34-27-,43-40-,52-49-. The fraction of sp³-hybridized carbons (Fsp3) is 0.667. The molecule has 0 spiro atoms. The number of hydrogen-bond acceptors (Lipinski definition) is 6. The molecular weight excluding hydrogens is 853 g/mol. The van der Waals surface area contributed by atoms with E-state index in [1.165, 1.54) is 116 Å². The van der Waals surface area contributed by atoms with E-state index in [4.69, 9.17) is 14.2 Å². The molecule has 0 heterocycles. The quantitative estimate of drug-likeness (QED) is 0.0262. The SMILES string of the molecule is CC/C=C\C/C=C\C/C=C\C/C=C\C/C=C\CC(=O)OCC(COC(=O)CCCCCCCC/C=C\C/C=C\C/C=C\CCCCC)OC(=O)CCCCCCCCC/C=C\CCCCCCCC. The highest BCUT2D eigenvalue weighted by atomic mass is 16.6. The number of rotatable bonds is 50. The fourth-order valence-electron chi connectivity index (χ4n) is 7.52. The first-order valence-electron chi connectivity index (χ1n) is 28.4. The van der Waals surface area contributed by atoms with Crippen molar-refractivity contribution in [1.82, 2.24) is 0 Å². The second-order valence-electron chi connectivity index (χ2n) is 18.5. The average Bonchev–Trinajstić information content (AvgIpc) is 3.35. The summed E-state index contributed by atoms with van der Waals surface area (Å²) in [5.41, 5.74) is 0. The van der Waals surface area contributed by atoms with Gasteiger partial charge in [0.15, 0.2) is 6.10 Å². The number of carbonyl (C=O) groups excluding carboxylic acids is 3. The summed E-state index contributed by atoms with van der Waals surface area (Å²) >= 11 is 0. The molecule has 0 aliphatic rings. The largest absolute Gasteiger partial charge is 0.462 e. The number of esters is 3. The van der Waals surface area contributed by atoms with Gasteiger partial charge in [-0.1, -0.05) is 233 Å². The Morgan fingerprint density at radius 1 is 0.319 bits per heavy atom. The average molecular weight is 958 g/mol. The highest BCUT2D eigenvalue weighted by molar-refractivity contribution is 5.72. The number of hydrogen-bond donors (Lipinski definition) is 0. The first kappa shape index (κ1) is 65.1. The van der Waals surface area contributed by atoms with Crippen LogP contribution in [-0.2, 0) is 28.6 Å². The third-order valence-corrected chi connectivity index (χ3v) is 11.8. The maximum absolute atomic E-state index is 12.8. The summed E-state index contributed by atoms with van der Waals surface area (Å²) < 4.78 is 16.7. The first-order chi connectivity index (χ1) is 34.0. The first-order valence-corrected chi connectivity index (χ1v) is 28.4. The van der Waals surface area contributed by atoms with Crippen LogP contribution in [0.5, 0.6) is 0 Å². The van der Waals surface area contributed by atoms with Crippen molar-refractivity contribution in [2.75, 3.05) is 13.2 Å². The predicted molar refractivity (Wildman–Crippen MR) is 297 cm³/mol. The molecule has 0 saturated heterocycles. The van der Waals surface area contributed by atoms with Crippen LogP contribution in [0.25, 0.3) is 0 Å². The van der Waals surface area contributed by atoms with Crippen molar-refractivity contribution in [2.24, 2.45) is 0 Å². The molecule has 0 aliphatic carbocycles. The van der Waals surface area contributed by atoms with E-state index >= 15 is 0 Å². The Morgan fingerprint density at radius 2 is 0.623 bits per heavy atom. The third-order valence-electron chi connectivity index (χ3n) is 11.8. The summed E-state index contributed by atoms with van der Waals surface area (Å²) in [6, 6.07) is 0. The monoisotopic (exact) mass is 957 g/mol. The van der Waals surface area contributed by atoms with Gasteiger partial charge in [-0.2, -0.15) is 0 Å². The van der Waals surface area contributed by atoms with Crippen molar-refractivity contribution in [2.45, 2.75) is 258 Å². The van der Waals surface area contributed by atoms with Gasteiger partial charge in [0, 0.05) is 12.8 Å². The normalized spacial score (nSPS) is 12.9. The van der Waals surface area contributed by atoms with Crippen molar-refractivity contribution < 1.29 is 28.6 Å². The van der Waals surface area contributed by atoms with Crippen molar-refractivity contribution in [3.63, 3.8) is 0 Å². The molecule has 0 amide bonds. The van der Waals surface area contributed by atoms with Gasteiger partial charge in [0.2, 0.25) is 0 Å². The molecule has 0 bridgehead atoms. The van der Waals surface area contributed by atoms with E-state index in [1.807, 2.05) is 6.08 Å². The molecule has 0 radical (unpaired) electrons. The number of allylic oxidation sites excluding steroid dienone is 17. The van der Waals surface area contributed by atoms with Gasteiger partial charge in [0.05, 0.1) is 6.42 Å². The summed E-state index contributed by atoms with van der Waals surface area (Å²) in [5, 5.41) is 0. The fourth-order valence-corrected chi connectivity index (χ4v) is 7.52. The van der Waals surface area contributed by atoms with E-state index in [-0.39, 0.29) is 31.6 Å². The van der Waals surface area contributed by atoms with Crippen LogP contribution in [0.2, 0.25) is 0 Å². The third kappa shape index (κ3) is 54.9. The Labute approximate surface area is 425 Å². The van der Waals surface area contributed by atoms with Crippen LogP contribution in [0, 0.1) is 0 Å². The van der Waals surface area contributed by atoms with Crippen molar-refractivity contribution in [3.8, 4) is 0 Å². The van der Waals surface area contributed by atoms with E-state index in [0.717, 1.165) is 96.3 Å². The topological polar surface area (TPSA) is 78.9 Å². The van der Waals surface area contributed by atoms with Crippen LogP contribution in [0.3, 0.4) is 0 Å². The lowest BCUT2D eigenvalue weighted by Gasteiger charge is -2.18. The van der Waals surface area contributed by atoms with Crippen LogP contribution >= 0.6 is 0 Å². The molecule has 0 aromatic carbocycles. The zero-order valence-electron chi connectivity index (χ0n) is 44.8. The summed E-state index contributed by atoms with van der Waals surface area (Å²) in [5.74, 6) is -1.07. The van der Waals surface area contributed by atoms with Crippen molar-refractivity contribution in [1.29, 1.82) is 0 Å². The van der Waals surface area contributed by atoms with E-state index < -0.39 is 12.1 Å². The highest BCUT2D eigenvalue weighted by Gasteiger charge is 2.19. The summed E-state index contributed by atoms with van der Waals surface area (Å²) in [4.78, 5) is 38.1. The molecule has 6 heteroatoms. The highest BCUT2D eigenvalue weighted by Crippen LogP contribution is 2.14. The van der Waals surface area contributed by atoms with E-state index in [2.05, 4.69) is 118 Å². The minimum absolute atomic E-state index is 0.118. The molecule has 1 unspecified atom stereocenters. The van der Waals surface area contributed by atoms with Gasteiger partial charge in [-0.3, -0.25) is 14.4 Å². The van der Waals surface area contributed by atoms with Crippen molar-refractivity contribution >= 4 is 17.9 Å². The van der Waals surface area contributed by atoms with Crippen LogP contribution < -0.4 is 0 Å². The summed E-state index contributed by atoms with van der Waals surface area (Å²) in [6.07, 6.45) is 76.7. The van der Waals surface area contributed by atoms with Gasteiger partial charge in [-0.25, -0.2) is 0 Å². The maximum Gasteiger partial charge on any atom is 0.309 e. The van der Waals surface area contributed by atoms with Crippen LogP contribution in [-0.4, -0.2) is 37.2 Å². The Kier molecular flexibility index (Phi) is 53.4. The van der Waals surface area contributed by atoms with Gasteiger partial charge < -0.3 is 14.2 Å². The Bertz CT molecular complexity index is 1420.